The number of sulfonamides is 1. The average Bonchev–Trinajstić information content (AvgIpc) is 2.68. The molecule has 1 saturated heterocycles. The van der Waals surface area contributed by atoms with Crippen LogP contribution in [0.2, 0.25) is 0 Å². The third-order valence-electron chi connectivity index (χ3n) is 4.45. The van der Waals surface area contributed by atoms with Crippen LogP contribution in [0.3, 0.4) is 0 Å². The Morgan fingerprint density at radius 2 is 1.48 bits per heavy atom. The average molecular weight is 390 g/mol. The molecule has 0 aliphatic carbocycles. The summed E-state index contributed by atoms with van der Waals surface area (Å²) in [5.74, 6) is -1.38. The molecule has 1 aliphatic heterocycles. The van der Waals surface area contributed by atoms with Gasteiger partial charge in [0.2, 0.25) is 10.0 Å². The number of hydrogen-bond donors (Lipinski definition) is 2. The Morgan fingerprint density at radius 3 is 2.04 bits per heavy atom. The predicted octanol–water partition coefficient (Wildman–Crippen LogP) is 1.79. The Kier molecular flexibility index (Phi) is 5.15. The third-order valence-corrected chi connectivity index (χ3v) is 6.38. The minimum absolute atomic E-state index is 0.0304. The second kappa shape index (κ2) is 7.37. The maximum absolute atomic E-state index is 12.9. The molecule has 1 unspecified atom stereocenters. The maximum Gasteiger partial charge on any atom is 0.407 e. The monoisotopic (exact) mass is 390 g/mol. The fourth-order valence-electron chi connectivity index (χ4n) is 3.01. The number of carboxylic acid groups (broad SMARTS) is 2. The molecule has 0 saturated carbocycles. The van der Waals surface area contributed by atoms with E-state index >= 15 is 0 Å². The molecule has 142 valence electrons. The summed E-state index contributed by atoms with van der Waals surface area (Å²) in [5.41, 5.74) is 1.76. The first-order valence-electron chi connectivity index (χ1n) is 8.18. The highest BCUT2D eigenvalue weighted by atomic mass is 32.2. The van der Waals surface area contributed by atoms with Crippen LogP contribution in [0, 0.1) is 0 Å². The summed E-state index contributed by atoms with van der Waals surface area (Å²) in [6, 6.07) is 14.1. The topological polar surface area (TPSA) is 115 Å². The van der Waals surface area contributed by atoms with Gasteiger partial charge in [0, 0.05) is 13.1 Å². The van der Waals surface area contributed by atoms with Crippen LogP contribution in [-0.2, 0) is 14.8 Å². The van der Waals surface area contributed by atoms with Gasteiger partial charge in [0.05, 0.1) is 11.4 Å². The van der Waals surface area contributed by atoms with Crippen molar-refractivity contribution < 1.29 is 28.2 Å². The minimum atomic E-state index is -4.07. The molecule has 2 aromatic rings. The quantitative estimate of drug-likeness (QED) is 0.822. The Hall–Kier alpha value is -2.91. The van der Waals surface area contributed by atoms with Crippen molar-refractivity contribution in [3.63, 3.8) is 0 Å². The molecule has 1 aliphatic rings. The van der Waals surface area contributed by atoms with Gasteiger partial charge in [-0.1, -0.05) is 42.5 Å². The Balaban J connectivity index is 1.89. The lowest BCUT2D eigenvalue weighted by Gasteiger charge is -2.37. The molecule has 2 N–H and O–H groups in total. The molecule has 1 fully saturated rings. The Labute approximate surface area is 156 Å². The van der Waals surface area contributed by atoms with Crippen LogP contribution in [0.4, 0.5) is 4.79 Å². The van der Waals surface area contributed by atoms with Crippen LogP contribution in [0.5, 0.6) is 0 Å². The van der Waals surface area contributed by atoms with E-state index in [0.717, 1.165) is 20.3 Å². The zero-order chi connectivity index (χ0) is 19.6. The maximum atomic E-state index is 12.9. The molecule has 27 heavy (non-hydrogen) atoms. The van der Waals surface area contributed by atoms with Gasteiger partial charge in [-0.2, -0.15) is 4.31 Å². The SMILES string of the molecule is O=C(O)C1CN(C(=O)O)CCN1S(=O)(=O)c1ccc(-c2ccccc2)cc1. The molecule has 1 atom stereocenters. The van der Waals surface area contributed by atoms with Gasteiger partial charge in [0.1, 0.15) is 6.04 Å². The van der Waals surface area contributed by atoms with E-state index in [4.69, 9.17) is 5.11 Å². The molecule has 1 heterocycles. The smallest absolute Gasteiger partial charge is 0.407 e. The van der Waals surface area contributed by atoms with E-state index in [2.05, 4.69) is 0 Å². The van der Waals surface area contributed by atoms with E-state index < -0.39 is 34.7 Å². The van der Waals surface area contributed by atoms with Crippen LogP contribution in [0.25, 0.3) is 11.1 Å². The van der Waals surface area contributed by atoms with Gasteiger partial charge >= 0.3 is 12.1 Å². The largest absolute Gasteiger partial charge is 0.480 e. The summed E-state index contributed by atoms with van der Waals surface area (Å²) < 4.78 is 26.7. The third kappa shape index (κ3) is 3.79. The van der Waals surface area contributed by atoms with E-state index in [1.54, 1.807) is 12.1 Å². The van der Waals surface area contributed by atoms with Gasteiger partial charge in [-0.05, 0) is 23.3 Å². The van der Waals surface area contributed by atoms with Crippen molar-refractivity contribution in [1.82, 2.24) is 9.21 Å². The van der Waals surface area contributed by atoms with Crippen LogP contribution in [0.15, 0.2) is 59.5 Å². The summed E-state index contributed by atoms with van der Waals surface area (Å²) in [7, 11) is -4.07. The first-order valence-corrected chi connectivity index (χ1v) is 9.63. The molecule has 0 bridgehead atoms. The fourth-order valence-corrected chi connectivity index (χ4v) is 4.58. The zero-order valence-corrected chi connectivity index (χ0v) is 15.0. The van der Waals surface area contributed by atoms with Crippen molar-refractivity contribution in [2.45, 2.75) is 10.9 Å². The zero-order valence-electron chi connectivity index (χ0n) is 14.2. The molecule has 0 spiro atoms. The lowest BCUT2D eigenvalue weighted by atomic mass is 10.1. The predicted molar refractivity (Wildman–Crippen MR) is 96.8 cm³/mol. The van der Waals surface area contributed by atoms with E-state index in [9.17, 15) is 23.1 Å². The number of aliphatic carboxylic acids is 1. The van der Waals surface area contributed by atoms with Crippen molar-refractivity contribution in [1.29, 1.82) is 0 Å². The number of benzene rings is 2. The van der Waals surface area contributed by atoms with E-state index in [0.29, 0.717) is 0 Å². The molecule has 2 aromatic carbocycles. The molecule has 8 nitrogen and oxygen atoms in total. The standard InChI is InChI=1S/C18H18N2O6S/c21-17(22)16-12-19(18(23)24)10-11-20(16)27(25,26)15-8-6-14(7-9-15)13-4-2-1-3-5-13/h1-9,16H,10-12H2,(H,21,22)(H,23,24). The van der Waals surface area contributed by atoms with Crippen molar-refractivity contribution in [2.24, 2.45) is 0 Å². The van der Waals surface area contributed by atoms with Crippen molar-refractivity contribution in [3.8, 4) is 11.1 Å². The van der Waals surface area contributed by atoms with E-state index in [-0.39, 0.29) is 18.0 Å². The Morgan fingerprint density at radius 1 is 0.889 bits per heavy atom. The summed E-state index contributed by atoms with van der Waals surface area (Å²) >= 11 is 0. The minimum Gasteiger partial charge on any atom is -0.480 e. The summed E-state index contributed by atoms with van der Waals surface area (Å²) in [5, 5.41) is 18.4. The van der Waals surface area contributed by atoms with E-state index in [1.807, 2.05) is 30.3 Å². The Bertz CT molecular complexity index is 944. The van der Waals surface area contributed by atoms with Gasteiger partial charge in [-0.3, -0.25) is 4.79 Å². The molecular formula is C18H18N2O6S. The molecule has 1 amide bonds. The fraction of sp³-hybridized carbons (Fsp3) is 0.222. The van der Waals surface area contributed by atoms with Gasteiger partial charge in [0.15, 0.2) is 0 Å². The second-order valence-corrected chi connectivity index (χ2v) is 7.98. The van der Waals surface area contributed by atoms with Gasteiger partial charge in [0.25, 0.3) is 0 Å². The first-order chi connectivity index (χ1) is 12.8. The first kappa shape index (κ1) is 18.9. The highest BCUT2D eigenvalue weighted by Crippen LogP contribution is 2.25. The highest BCUT2D eigenvalue weighted by molar-refractivity contribution is 7.89. The molecule has 9 heteroatoms. The number of carbonyl (C=O) groups is 2. The van der Waals surface area contributed by atoms with Gasteiger partial charge in [-0.25, -0.2) is 13.2 Å². The van der Waals surface area contributed by atoms with Crippen LogP contribution in [0.1, 0.15) is 0 Å². The number of piperazine rings is 1. The number of amides is 1. The second-order valence-electron chi connectivity index (χ2n) is 6.09. The van der Waals surface area contributed by atoms with E-state index in [1.165, 1.54) is 12.1 Å². The van der Waals surface area contributed by atoms with Crippen molar-refractivity contribution in [3.05, 3.63) is 54.6 Å². The highest BCUT2D eigenvalue weighted by Gasteiger charge is 2.41. The van der Waals surface area contributed by atoms with Gasteiger partial charge < -0.3 is 15.1 Å². The molecular weight excluding hydrogens is 372 g/mol. The number of carboxylic acids is 1. The van der Waals surface area contributed by atoms with Crippen molar-refractivity contribution in [2.75, 3.05) is 19.6 Å². The normalized spacial score (nSPS) is 18.2. The van der Waals surface area contributed by atoms with Gasteiger partial charge in [-0.15, -0.1) is 0 Å². The molecule has 0 radical (unpaired) electrons. The van der Waals surface area contributed by atoms with Crippen LogP contribution >= 0.6 is 0 Å². The lowest BCUT2D eigenvalue weighted by Crippen LogP contribution is -2.59. The van der Waals surface area contributed by atoms with Crippen LogP contribution in [-0.4, -0.2) is 65.6 Å². The summed E-state index contributed by atoms with van der Waals surface area (Å²) in [4.78, 5) is 23.5. The number of rotatable bonds is 4. The van der Waals surface area contributed by atoms with Crippen LogP contribution < -0.4 is 0 Å². The number of hydrogen-bond acceptors (Lipinski definition) is 4. The summed E-state index contributed by atoms with van der Waals surface area (Å²) in [6.07, 6.45) is -1.27. The summed E-state index contributed by atoms with van der Waals surface area (Å²) in [6.45, 7) is -0.710. The lowest BCUT2D eigenvalue weighted by molar-refractivity contribution is -0.142. The molecule has 0 aromatic heterocycles. The number of nitrogens with zero attached hydrogens (tertiary/aromatic N) is 2. The van der Waals surface area contributed by atoms with Crippen molar-refractivity contribution >= 4 is 22.1 Å². The molecule has 3 rings (SSSR count).